The predicted molar refractivity (Wildman–Crippen MR) is 65.7 cm³/mol. The van der Waals surface area contributed by atoms with Crippen LogP contribution in [0.2, 0.25) is 0 Å². The summed E-state index contributed by atoms with van der Waals surface area (Å²) in [6, 6.07) is 8.31. The molecule has 3 nitrogen and oxygen atoms in total. The van der Waals surface area contributed by atoms with E-state index in [1.807, 2.05) is 18.2 Å². The zero-order valence-corrected chi connectivity index (χ0v) is 10.1. The maximum atomic E-state index is 8.68. The summed E-state index contributed by atoms with van der Waals surface area (Å²) in [4.78, 5) is 0. The van der Waals surface area contributed by atoms with Crippen LogP contribution in [0.1, 0.15) is 31.4 Å². The van der Waals surface area contributed by atoms with Crippen LogP contribution >= 0.6 is 0 Å². The summed E-state index contributed by atoms with van der Waals surface area (Å²) in [5, 5.41) is 12.1. The van der Waals surface area contributed by atoms with Gasteiger partial charge < -0.3 is 15.2 Å². The van der Waals surface area contributed by atoms with Crippen molar-refractivity contribution in [1.82, 2.24) is 5.32 Å². The zero-order valence-electron chi connectivity index (χ0n) is 10.1. The molecule has 0 bridgehead atoms. The van der Waals surface area contributed by atoms with Crippen molar-refractivity contribution < 1.29 is 9.84 Å². The largest absolute Gasteiger partial charge is 0.496 e. The van der Waals surface area contributed by atoms with Gasteiger partial charge in [-0.2, -0.15) is 0 Å². The summed E-state index contributed by atoms with van der Waals surface area (Å²) in [7, 11) is 1.69. The molecule has 0 aliphatic heterocycles. The monoisotopic (exact) mass is 223 g/mol. The van der Waals surface area contributed by atoms with E-state index in [-0.39, 0.29) is 12.6 Å². The summed E-state index contributed by atoms with van der Waals surface area (Å²) in [5.74, 6) is 0.921. The Morgan fingerprint density at radius 2 is 2.06 bits per heavy atom. The lowest BCUT2D eigenvalue weighted by Crippen LogP contribution is -2.20. The van der Waals surface area contributed by atoms with Gasteiger partial charge in [0.15, 0.2) is 0 Å². The smallest absolute Gasteiger partial charge is 0.123 e. The minimum atomic E-state index is 0.269. The molecule has 0 unspecified atom stereocenters. The Balaban J connectivity index is 2.48. The van der Waals surface area contributed by atoms with Crippen LogP contribution < -0.4 is 10.1 Å². The number of hydrogen-bond acceptors (Lipinski definition) is 3. The fraction of sp³-hybridized carbons (Fsp3) is 0.538. The van der Waals surface area contributed by atoms with Crippen LogP contribution in [0.4, 0.5) is 0 Å². The predicted octanol–water partition coefficient (Wildman–Crippen LogP) is 2.12. The third-order valence-electron chi connectivity index (χ3n) is 2.64. The van der Waals surface area contributed by atoms with Gasteiger partial charge >= 0.3 is 0 Å². The zero-order chi connectivity index (χ0) is 11.8. The molecule has 0 spiro atoms. The lowest BCUT2D eigenvalue weighted by atomic mass is 10.1. The second-order valence-corrected chi connectivity index (χ2v) is 3.85. The van der Waals surface area contributed by atoms with Gasteiger partial charge in [0.05, 0.1) is 7.11 Å². The molecule has 1 aromatic carbocycles. The summed E-state index contributed by atoms with van der Waals surface area (Å²) in [6.45, 7) is 3.31. The Labute approximate surface area is 97.4 Å². The van der Waals surface area contributed by atoms with Crippen LogP contribution in [-0.2, 0) is 0 Å². The van der Waals surface area contributed by atoms with Gasteiger partial charge in [-0.3, -0.25) is 0 Å². The number of nitrogens with one attached hydrogen (secondary N) is 1. The molecule has 1 rings (SSSR count). The van der Waals surface area contributed by atoms with Crippen LogP contribution in [0.5, 0.6) is 5.75 Å². The van der Waals surface area contributed by atoms with Gasteiger partial charge in [-0.05, 0) is 32.4 Å². The van der Waals surface area contributed by atoms with Gasteiger partial charge in [0.25, 0.3) is 0 Å². The lowest BCUT2D eigenvalue weighted by Gasteiger charge is -2.17. The highest BCUT2D eigenvalue weighted by atomic mass is 16.5. The first-order chi connectivity index (χ1) is 7.79. The van der Waals surface area contributed by atoms with Crippen molar-refractivity contribution in [2.24, 2.45) is 0 Å². The fourth-order valence-electron chi connectivity index (χ4n) is 1.69. The average molecular weight is 223 g/mol. The molecular weight excluding hydrogens is 202 g/mol. The molecule has 2 N–H and O–H groups in total. The van der Waals surface area contributed by atoms with E-state index >= 15 is 0 Å². The van der Waals surface area contributed by atoms with Gasteiger partial charge in [-0.25, -0.2) is 0 Å². The number of aliphatic hydroxyl groups is 1. The van der Waals surface area contributed by atoms with E-state index in [0.29, 0.717) is 0 Å². The minimum Gasteiger partial charge on any atom is -0.496 e. The molecule has 0 aliphatic rings. The summed E-state index contributed by atoms with van der Waals surface area (Å²) >= 11 is 0. The Morgan fingerprint density at radius 3 is 2.75 bits per heavy atom. The number of unbranched alkanes of at least 4 members (excludes halogenated alkanes) is 1. The third kappa shape index (κ3) is 3.83. The highest BCUT2D eigenvalue weighted by Crippen LogP contribution is 2.24. The molecule has 1 aromatic rings. The van der Waals surface area contributed by atoms with Gasteiger partial charge in [-0.1, -0.05) is 18.2 Å². The second kappa shape index (κ2) is 7.25. The molecule has 0 radical (unpaired) electrons. The van der Waals surface area contributed by atoms with Crippen molar-refractivity contribution in [2.75, 3.05) is 20.3 Å². The molecule has 0 aromatic heterocycles. The van der Waals surface area contributed by atoms with Crippen molar-refractivity contribution >= 4 is 0 Å². The number of ether oxygens (including phenoxy) is 1. The van der Waals surface area contributed by atoms with Crippen molar-refractivity contribution in [1.29, 1.82) is 0 Å². The van der Waals surface area contributed by atoms with E-state index in [1.165, 1.54) is 5.56 Å². The standard InChI is InChI=1S/C13H21NO2/c1-11(14-9-5-6-10-15)12-7-3-4-8-13(12)16-2/h3-4,7-8,11,14-15H,5-6,9-10H2,1-2H3/t11-/m0/s1. The van der Waals surface area contributed by atoms with E-state index in [4.69, 9.17) is 9.84 Å². The second-order valence-electron chi connectivity index (χ2n) is 3.85. The van der Waals surface area contributed by atoms with Crippen LogP contribution in [0.3, 0.4) is 0 Å². The van der Waals surface area contributed by atoms with Crippen molar-refractivity contribution in [3.8, 4) is 5.75 Å². The number of para-hydroxylation sites is 1. The molecule has 0 heterocycles. The van der Waals surface area contributed by atoms with Crippen LogP contribution in [-0.4, -0.2) is 25.4 Å². The van der Waals surface area contributed by atoms with E-state index in [9.17, 15) is 0 Å². The number of rotatable bonds is 7. The van der Waals surface area contributed by atoms with Crippen molar-refractivity contribution in [2.45, 2.75) is 25.8 Å². The van der Waals surface area contributed by atoms with Gasteiger partial charge in [0.2, 0.25) is 0 Å². The minimum absolute atomic E-state index is 0.269. The van der Waals surface area contributed by atoms with Crippen molar-refractivity contribution in [3.63, 3.8) is 0 Å². The quantitative estimate of drug-likeness (QED) is 0.696. The first kappa shape index (κ1) is 13.0. The molecule has 90 valence electrons. The summed E-state index contributed by atoms with van der Waals surface area (Å²) in [5.41, 5.74) is 1.17. The van der Waals surface area contributed by atoms with Gasteiger partial charge in [0, 0.05) is 18.2 Å². The van der Waals surface area contributed by atoms with E-state index in [1.54, 1.807) is 7.11 Å². The van der Waals surface area contributed by atoms with Gasteiger partial charge in [0.1, 0.15) is 5.75 Å². The number of aliphatic hydroxyl groups excluding tert-OH is 1. The molecule has 0 fully saturated rings. The first-order valence-corrected chi connectivity index (χ1v) is 5.76. The molecule has 1 atom stereocenters. The Bertz CT molecular complexity index is 302. The molecule has 0 aliphatic carbocycles. The first-order valence-electron chi connectivity index (χ1n) is 5.76. The van der Waals surface area contributed by atoms with E-state index < -0.39 is 0 Å². The van der Waals surface area contributed by atoms with E-state index in [2.05, 4.69) is 18.3 Å². The van der Waals surface area contributed by atoms with E-state index in [0.717, 1.165) is 25.1 Å². The summed E-state index contributed by atoms with van der Waals surface area (Å²) < 4.78 is 5.31. The highest BCUT2D eigenvalue weighted by molar-refractivity contribution is 5.35. The fourth-order valence-corrected chi connectivity index (χ4v) is 1.69. The third-order valence-corrected chi connectivity index (χ3v) is 2.64. The molecular formula is C13H21NO2. The molecule has 16 heavy (non-hydrogen) atoms. The number of benzene rings is 1. The number of methoxy groups -OCH3 is 1. The maximum absolute atomic E-state index is 8.68. The van der Waals surface area contributed by atoms with Crippen LogP contribution in [0, 0.1) is 0 Å². The molecule has 0 saturated heterocycles. The molecule has 0 saturated carbocycles. The van der Waals surface area contributed by atoms with Gasteiger partial charge in [-0.15, -0.1) is 0 Å². The van der Waals surface area contributed by atoms with Crippen LogP contribution in [0.25, 0.3) is 0 Å². The maximum Gasteiger partial charge on any atom is 0.123 e. The Kier molecular flexibility index (Phi) is 5.90. The topological polar surface area (TPSA) is 41.5 Å². The lowest BCUT2D eigenvalue weighted by molar-refractivity contribution is 0.282. The highest BCUT2D eigenvalue weighted by Gasteiger charge is 2.09. The normalized spacial score (nSPS) is 12.4. The Hall–Kier alpha value is -1.06. The number of hydrogen-bond donors (Lipinski definition) is 2. The van der Waals surface area contributed by atoms with Crippen LogP contribution in [0.15, 0.2) is 24.3 Å². The summed E-state index contributed by atoms with van der Waals surface area (Å²) in [6.07, 6.45) is 1.85. The molecule has 3 heteroatoms. The average Bonchev–Trinajstić information content (AvgIpc) is 2.34. The SMILES string of the molecule is COc1ccccc1[C@H](C)NCCCCO. The Morgan fingerprint density at radius 1 is 1.31 bits per heavy atom. The van der Waals surface area contributed by atoms with Crippen molar-refractivity contribution in [3.05, 3.63) is 29.8 Å². The molecule has 0 amide bonds.